The van der Waals surface area contributed by atoms with Crippen LogP contribution in [-0.2, 0) is 9.63 Å². The van der Waals surface area contributed by atoms with Crippen molar-refractivity contribution < 1.29 is 22.8 Å². The van der Waals surface area contributed by atoms with Gasteiger partial charge >= 0.3 is 12.1 Å². The minimum atomic E-state index is -5.00. The topological polar surface area (TPSA) is 60.3 Å². The summed E-state index contributed by atoms with van der Waals surface area (Å²) in [4.78, 5) is 19.9. The molecule has 146 valence electrons. The van der Waals surface area contributed by atoms with Gasteiger partial charge in [-0.25, -0.2) is 14.5 Å². The highest BCUT2D eigenvalue weighted by atomic mass is 35.5. The summed E-state index contributed by atoms with van der Waals surface area (Å²) in [5.41, 5.74) is 1.72. The maximum absolute atomic E-state index is 12.3. The van der Waals surface area contributed by atoms with Gasteiger partial charge in [-0.2, -0.15) is 18.3 Å². The molecule has 0 spiro atoms. The van der Waals surface area contributed by atoms with Crippen molar-refractivity contribution in [2.24, 2.45) is 0 Å². The zero-order valence-corrected chi connectivity index (χ0v) is 15.5. The van der Waals surface area contributed by atoms with Gasteiger partial charge < -0.3 is 4.84 Å². The molecule has 1 aromatic carbocycles. The Kier molecular flexibility index (Phi) is 5.43. The number of aryl methyl sites for hydroxylation is 2. The van der Waals surface area contributed by atoms with Gasteiger partial charge in [0.2, 0.25) is 0 Å². The Bertz CT molecular complexity index is 845. The Morgan fingerprint density at radius 2 is 1.93 bits per heavy atom. The summed E-state index contributed by atoms with van der Waals surface area (Å²) in [5.74, 6) is -0.876. The molecule has 0 N–H and O–H groups in total. The number of alkyl halides is 3. The fourth-order valence-electron chi connectivity index (χ4n) is 3.02. The van der Waals surface area contributed by atoms with Crippen LogP contribution < -0.4 is 0 Å². The number of halogens is 4. The van der Waals surface area contributed by atoms with Gasteiger partial charge in [0.1, 0.15) is 11.6 Å². The highest BCUT2D eigenvalue weighted by molar-refractivity contribution is 6.31. The molecule has 1 aromatic heterocycles. The normalized spacial score (nSPS) is 16.5. The van der Waals surface area contributed by atoms with Crippen LogP contribution in [0.4, 0.5) is 13.2 Å². The smallest absolute Gasteiger partial charge is 0.361 e. The summed E-state index contributed by atoms with van der Waals surface area (Å²) in [6, 6.07) is 5.53. The largest absolute Gasteiger partial charge is 0.492 e. The molecule has 2 aromatic rings. The third-order valence-corrected chi connectivity index (χ3v) is 4.81. The molecule has 27 heavy (non-hydrogen) atoms. The van der Waals surface area contributed by atoms with Gasteiger partial charge in [-0.1, -0.05) is 11.6 Å². The van der Waals surface area contributed by atoms with Gasteiger partial charge in [-0.3, -0.25) is 0 Å². The molecule has 0 saturated carbocycles. The molecule has 0 radical (unpaired) electrons. The lowest BCUT2D eigenvalue weighted by molar-refractivity contribution is -0.241. The molecule has 0 bridgehead atoms. The van der Waals surface area contributed by atoms with Crippen molar-refractivity contribution in [1.29, 1.82) is 0 Å². The molecule has 0 aliphatic carbocycles. The number of hydrogen-bond donors (Lipinski definition) is 0. The molecule has 1 aliphatic heterocycles. The third-order valence-electron chi connectivity index (χ3n) is 4.39. The highest BCUT2D eigenvalue weighted by Gasteiger charge is 2.43. The Morgan fingerprint density at radius 1 is 1.26 bits per heavy atom. The van der Waals surface area contributed by atoms with E-state index in [0.29, 0.717) is 23.7 Å². The number of rotatable bonds is 3. The van der Waals surface area contributed by atoms with Crippen LogP contribution in [0.2, 0.25) is 5.02 Å². The van der Waals surface area contributed by atoms with Crippen LogP contribution in [0.1, 0.15) is 36.0 Å². The second-order valence-electron chi connectivity index (χ2n) is 6.44. The number of carbonyl (C=O) groups is 1. The highest BCUT2D eigenvalue weighted by Crippen LogP contribution is 2.30. The lowest BCUT2D eigenvalue weighted by Crippen LogP contribution is -2.39. The van der Waals surface area contributed by atoms with Crippen LogP contribution in [0.3, 0.4) is 0 Å². The molecule has 0 amide bonds. The predicted molar refractivity (Wildman–Crippen MR) is 91.5 cm³/mol. The van der Waals surface area contributed by atoms with Crippen LogP contribution in [0, 0.1) is 13.8 Å². The average molecular weight is 403 g/mol. The van der Waals surface area contributed by atoms with Crippen molar-refractivity contribution in [3.63, 3.8) is 0 Å². The Morgan fingerprint density at radius 3 is 2.52 bits per heavy atom. The lowest BCUT2D eigenvalue weighted by Gasteiger charge is -2.30. The van der Waals surface area contributed by atoms with Crippen molar-refractivity contribution in [2.75, 3.05) is 13.1 Å². The number of nitrogens with zero attached hydrogens (tertiary/aromatic N) is 4. The van der Waals surface area contributed by atoms with Gasteiger partial charge in [-0.05, 0) is 50.5 Å². The van der Waals surface area contributed by atoms with Crippen LogP contribution in [-0.4, -0.2) is 45.1 Å². The molecule has 6 nitrogen and oxygen atoms in total. The second-order valence-corrected chi connectivity index (χ2v) is 6.85. The van der Waals surface area contributed by atoms with E-state index in [9.17, 15) is 18.0 Å². The molecule has 10 heteroatoms. The molecule has 0 atom stereocenters. The molecule has 2 heterocycles. The van der Waals surface area contributed by atoms with Crippen LogP contribution >= 0.6 is 11.6 Å². The molecular formula is C17H18ClF3N4O2. The second kappa shape index (κ2) is 7.47. The number of piperidine rings is 1. The van der Waals surface area contributed by atoms with Gasteiger partial charge in [0, 0.05) is 24.0 Å². The van der Waals surface area contributed by atoms with Crippen molar-refractivity contribution in [2.45, 2.75) is 38.8 Å². The fraction of sp³-hybridized carbons (Fsp3) is 0.471. The minimum absolute atomic E-state index is 0.0111. The molecule has 1 fully saturated rings. The predicted octanol–water partition coefficient (Wildman–Crippen LogP) is 3.74. The number of hydroxylamine groups is 2. The zero-order valence-electron chi connectivity index (χ0n) is 14.8. The standard InChI is InChI=1S/C17H18ClF3N4O2/c1-10-9-13(3-4-14(10)18)25-15(22-11(2)23-25)12-5-7-24(8-6-12)27-16(26)17(19,20)21/h3-4,9,12H,5-8H2,1-2H3. The molecule has 1 saturated heterocycles. The summed E-state index contributed by atoms with van der Waals surface area (Å²) in [7, 11) is 0. The number of benzene rings is 1. The Labute approximate surface area is 158 Å². The SMILES string of the molecule is Cc1nc(C2CCN(OC(=O)C(F)(F)F)CC2)n(-c2ccc(Cl)c(C)c2)n1. The maximum atomic E-state index is 12.3. The monoisotopic (exact) mass is 402 g/mol. The summed E-state index contributed by atoms with van der Waals surface area (Å²) in [6.07, 6.45) is -4.01. The Hall–Kier alpha value is -2.13. The summed E-state index contributed by atoms with van der Waals surface area (Å²) < 4.78 is 38.7. The third kappa shape index (κ3) is 4.41. The first-order valence-corrected chi connectivity index (χ1v) is 8.77. The number of hydrogen-bond acceptors (Lipinski definition) is 5. The number of aromatic nitrogens is 3. The van der Waals surface area contributed by atoms with E-state index in [4.69, 9.17) is 11.6 Å². The quantitative estimate of drug-likeness (QED) is 0.782. The summed E-state index contributed by atoms with van der Waals surface area (Å²) >= 11 is 6.08. The molecule has 1 aliphatic rings. The van der Waals surface area contributed by atoms with Crippen LogP contribution in [0.25, 0.3) is 5.69 Å². The number of carbonyl (C=O) groups excluding carboxylic acids is 1. The Balaban J connectivity index is 1.74. The zero-order chi connectivity index (χ0) is 19.8. The van der Waals surface area contributed by atoms with E-state index in [1.165, 1.54) is 0 Å². The van der Waals surface area contributed by atoms with E-state index in [1.54, 1.807) is 17.7 Å². The van der Waals surface area contributed by atoms with E-state index in [-0.39, 0.29) is 19.0 Å². The fourth-order valence-corrected chi connectivity index (χ4v) is 3.14. The first kappa shape index (κ1) is 19.6. The minimum Gasteiger partial charge on any atom is -0.361 e. The lowest BCUT2D eigenvalue weighted by atomic mass is 9.97. The van der Waals surface area contributed by atoms with Gasteiger partial charge in [0.05, 0.1) is 5.69 Å². The van der Waals surface area contributed by atoms with E-state index < -0.39 is 12.1 Å². The first-order valence-electron chi connectivity index (χ1n) is 8.39. The maximum Gasteiger partial charge on any atom is 0.492 e. The van der Waals surface area contributed by atoms with Gasteiger partial charge in [-0.15, -0.1) is 5.06 Å². The average Bonchev–Trinajstić information content (AvgIpc) is 2.99. The van der Waals surface area contributed by atoms with Crippen molar-refractivity contribution in [1.82, 2.24) is 19.8 Å². The van der Waals surface area contributed by atoms with E-state index in [0.717, 1.165) is 22.1 Å². The van der Waals surface area contributed by atoms with Crippen LogP contribution in [0.15, 0.2) is 18.2 Å². The molecule has 0 unspecified atom stereocenters. The van der Waals surface area contributed by atoms with Gasteiger partial charge in [0.25, 0.3) is 0 Å². The van der Waals surface area contributed by atoms with E-state index >= 15 is 0 Å². The van der Waals surface area contributed by atoms with Gasteiger partial charge in [0.15, 0.2) is 0 Å². The summed E-state index contributed by atoms with van der Waals surface area (Å²) in [5, 5.41) is 6.14. The van der Waals surface area contributed by atoms with Crippen molar-refractivity contribution >= 4 is 17.6 Å². The molecular weight excluding hydrogens is 385 g/mol. The first-order chi connectivity index (χ1) is 12.6. The van der Waals surface area contributed by atoms with E-state index in [2.05, 4.69) is 14.9 Å². The van der Waals surface area contributed by atoms with Crippen molar-refractivity contribution in [3.8, 4) is 5.69 Å². The summed E-state index contributed by atoms with van der Waals surface area (Å²) in [6.45, 7) is 4.06. The van der Waals surface area contributed by atoms with E-state index in [1.807, 2.05) is 19.1 Å². The molecule has 3 rings (SSSR count). The van der Waals surface area contributed by atoms with Crippen LogP contribution in [0.5, 0.6) is 0 Å². The van der Waals surface area contributed by atoms with Crippen molar-refractivity contribution in [3.05, 3.63) is 40.4 Å².